The van der Waals surface area contributed by atoms with E-state index >= 15 is 0 Å². The largest absolute Gasteiger partial charge is 0.344 e. The van der Waals surface area contributed by atoms with E-state index in [2.05, 4.69) is 29.7 Å². The van der Waals surface area contributed by atoms with Crippen LogP contribution in [0.25, 0.3) is 10.9 Å². The topological polar surface area (TPSA) is 28.8 Å². The highest BCUT2D eigenvalue weighted by Crippen LogP contribution is 2.24. The second-order valence-electron chi connectivity index (χ2n) is 4.82. The number of fused-ring (bicyclic) bond motifs is 2. The highest BCUT2D eigenvalue weighted by molar-refractivity contribution is 5.80. The maximum Gasteiger partial charge on any atom is 0.0682 e. The van der Waals surface area contributed by atoms with Crippen molar-refractivity contribution in [3.8, 4) is 0 Å². The van der Waals surface area contributed by atoms with Crippen LogP contribution in [-0.4, -0.2) is 4.57 Å². The molecule has 2 nitrogen and oxygen atoms in total. The molecule has 17 heavy (non-hydrogen) atoms. The number of nitrogens with zero attached hydrogens (tertiary/aromatic N) is 1. The molecule has 0 bridgehead atoms. The predicted molar refractivity (Wildman–Crippen MR) is 70.1 cm³/mol. The number of rotatable bonds is 2. The number of aromatic nitrogens is 1. The lowest BCUT2D eigenvalue weighted by atomic mass is 10.1. The number of aryl methyl sites for hydroxylation is 1. The van der Waals surface area contributed by atoms with E-state index in [9.17, 15) is 0 Å². The fourth-order valence-corrected chi connectivity index (χ4v) is 3.00. The molecule has 0 aliphatic heterocycles. The van der Waals surface area contributed by atoms with Gasteiger partial charge in [0.1, 0.15) is 0 Å². The third-order valence-corrected chi connectivity index (χ3v) is 3.73. The van der Waals surface area contributed by atoms with Gasteiger partial charge in [-0.2, -0.15) is 0 Å². The van der Waals surface area contributed by atoms with Gasteiger partial charge in [0.05, 0.1) is 10.9 Å². The van der Waals surface area contributed by atoms with Gasteiger partial charge in [0.15, 0.2) is 0 Å². The molecule has 0 fully saturated rings. The van der Waals surface area contributed by atoms with E-state index in [4.69, 9.17) is 5.41 Å². The fraction of sp³-hybridized carbons (Fsp3) is 0.400. The Labute approximate surface area is 101 Å². The van der Waals surface area contributed by atoms with Crippen molar-refractivity contribution in [2.75, 3.05) is 0 Å². The van der Waals surface area contributed by atoms with E-state index in [0.29, 0.717) is 0 Å². The van der Waals surface area contributed by atoms with Crippen molar-refractivity contribution in [2.45, 2.75) is 39.2 Å². The molecule has 3 rings (SSSR count). The zero-order chi connectivity index (χ0) is 11.8. The first-order chi connectivity index (χ1) is 8.33. The van der Waals surface area contributed by atoms with Gasteiger partial charge in [0, 0.05) is 17.6 Å². The quantitative estimate of drug-likeness (QED) is 0.815. The Balaban J connectivity index is 2.43. The van der Waals surface area contributed by atoms with E-state index in [1.807, 2.05) is 6.07 Å². The molecule has 1 heterocycles. The van der Waals surface area contributed by atoms with Crippen LogP contribution >= 0.6 is 0 Å². The highest BCUT2D eigenvalue weighted by atomic mass is 15.0. The normalized spacial score (nSPS) is 14.2. The molecule has 0 atom stereocenters. The van der Waals surface area contributed by atoms with Gasteiger partial charge in [-0.1, -0.05) is 25.1 Å². The van der Waals surface area contributed by atoms with Crippen LogP contribution in [0.3, 0.4) is 0 Å². The summed E-state index contributed by atoms with van der Waals surface area (Å²) in [4.78, 5) is 0. The van der Waals surface area contributed by atoms with Crippen molar-refractivity contribution in [2.24, 2.45) is 0 Å². The predicted octanol–water partition coefficient (Wildman–Crippen LogP) is 3.02. The van der Waals surface area contributed by atoms with Crippen molar-refractivity contribution in [1.82, 2.24) is 4.57 Å². The molecule has 1 aromatic heterocycles. The third kappa shape index (κ3) is 1.51. The average molecular weight is 226 g/mol. The summed E-state index contributed by atoms with van der Waals surface area (Å²) in [7, 11) is 0. The van der Waals surface area contributed by atoms with Crippen molar-refractivity contribution >= 4 is 10.9 Å². The summed E-state index contributed by atoms with van der Waals surface area (Å²) >= 11 is 0. The van der Waals surface area contributed by atoms with Crippen LogP contribution in [0.1, 0.15) is 31.0 Å². The maximum absolute atomic E-state index is 8.34. The maximum atomic E-state index is 8.34. The summed E-state index contributed by atoms with van der Waals surface area (Å²) < 4.78 is 2.44. The van der Waals surface area contributed by atoms with Gasteiger partial charge in [0.25, 0.3) is 0 Å². The van der Waals surface area contributed by atoms with Gasteiger partial charge in [0.2, 0.25) is 0 Å². The first kappa shape index (κ1) is 10.6. The number of hydrogen-bond acceptors (Lipinski definition) is 1. The fourth-order valence-electron chi connectivity index (χ4n) is 3.00. The molecular formula is C15H18N2. The van der Waals surface area contributed by atoms with Crippen LogP contribution in [0.2, 0.25) is 0 Å². The second kappa shape index (κ2) is 4.02. The second-order valence-corrected chi connectivity index (χ2v) is 4.82. The van der Waals surface area contributed by atoms with Crippen LogP contribution in [0.4, 0.5) is 0 Å². The number of nitrogens with one attached hydrogen (secondary N) is 1. The standard InChI is InChI=1S/C15H18N2/c1-2-10-17-13-8-4-3-6-11(13)15(16)12-7-5-9-14(12)17/h3-4,6,8,16H,2,5,7,9-10H2,1H3. The summed E-state index contributed by atoms with van der Waals surface area (Å²) in [6.45, 7) is 3.29. The van der Waals surface area contributed by atoms with Gasteiger partial charge in [-0.15, -0.1) is 0 Å². The van der Waals surface area contributed by atoms with Crippen LogP contribution in [0.15, 0.2) is 24.3 Å². The SMILES string of the molecule is CCCn1c2c(c(=N)c3ccccc31)CCC2. The van der Waals surface area contributed by atoms with Crippen molar-refractivity contribution < 1.29 is 0 Å². The summed E-state index contributed by atoms with van der Waals surface area (Å²) in [6, 6.07) is 8.36. The lowest BCUT2D eigenvalue weighted by Gasteiger charge is -2.16. The third-order valence-electron chi connectivity index (χ3n) is 3.73. The monoisotopic (exact) mass is 226 g/mol. The lowest BCUT2D eigenvalue weighted by molar-refractivity contribution is 0.664. The summed E-state index contributed by atoms with van der Waals surface area (Å²) in [6.07, 6.45) is 4.59. The molecule has 0 radical (unpaired) electrons. The average Bonchev–Trinajstić information content (AvgIpc) is 2.84. The molecule has 88 valence electrons. The van der Waals surface area contributed by atoms with Crippen LogP contribution < -0.4 is 5.36 Å². The van der Waals surface area contributed by atoms with E-state index in [1.54, 1.807) is 0 Å². The van der Waals surface area contributed by atoms with E-state index in [-0.39, 0.29) is 0 Å². The Kier molecular flexibility index (Phi) is 2.50. The summed E-state index contributed by atoms with van der Waals surface area (Å²) in [5, 5.41) is 10.2. The molecule has 0 amide bonds. The van der Waals surface area contributed by atoms with Gasteiger partial charge in [-0.25, -0.2) is 0 Å². The first-order valence-corrected chi connectivity index (χ1v) is 6.51. The van der Waals surface area contributed by atoms with Crippen LogP contribution in [0, 0.1) is 5.41 Å². The summed E-state index contributed by atoms with van der Waals surface area (Å²) in [5.41, 5.74) is 3.94. The molecule has 1 aromatic carbocycles. The molecule has 1 N–H and O–H groups in total. The van der Waals surface area contributed by atoms with Gasteiger partial charge in [-0.3, -0.25) is 5.41 Å². The minimum Gasteiger partial charge on any atom is -0.344 e. The van der Waals surface area contributed by atoms with Crippen molar-refractivity contribution in [3.63, 3.8) is 0 Å². The van der Waals surface area contributed by atoms with Crippen LogP contribution in [-0.2, 0) is 19.4 Å². The first-order valence-electron chi connectivity index (χ1n) is 6.51. The molecule has 1 aliphatic rings. The molecule has 0 saturated carbocycles. The number of benzene rings is 1. The van der Waals surface area contributed by atoms with Crippen LogP contribution in [0.5, 0.6) is 0 Å². The van der Waals surface area contributed by atoms with E-state index in [1.165, 1.54) is 23.2 Å². The Morgan fingerprint density at radius 2 is 2.06 bits per heavy atom. The Morgan fingerprint density at radius 1 is 1.24 bits per heavy atom. The van der Waals surface area contributed by atoms with Crippen molar-refractivity contribution in [3.05, 3.63) is 40.9 Å². The molecule has 2 aromatic rings. The van der Waals surface area contributed by atoms with Gasteiger partial charge in [-0.05, 0) is 37.3 Å². The number of pyridine rings is 1. The minimum atomic E-state index is 0.764. The van der Waals surface area contributed by atoms with E-state index < -0.39 is 0 Å². The minimum absolute atomic E-state index is 0.764. The zero-order valence-corrected chi connectivity index (χ0v) is 10.3. The molecular weight excluding hydrogens is 208 g/mol. The molecule has 0 spiro atoms. The molecule has 0 unspecified atom stereocenters. The zero-order valence-electron chi connectivity index (χ0n) is 10.3. The van der Waals surface area contributed by atoms with E-state index in [0.717, 1.165) is 36.6 Å². The summed E-state index contributed by atoms with van der Waals surface area (Å²) in [5.74, 6) is 0. The van der Waals surface area contributed by atoms with Gasteiger partial charge < -0.3 is 4.57 Å². The Morgan fingerprint density at radius 3 is 2.88 bits per heavy atom. The lowest BCUT2D eigenvalue weighted by Crippen LogP contribution is -2.17. The number of para-hydroxylation sites is 1. The highest BCUT2D eigenvalue weighted by Gasteiger charge is 2.18. The van der Waals surface area contributed by atoms with Gasteiger partial charge >= 0.3 is 0 Å². The smallest absolute Gasteiger partial charge is 0.0682 e. The molecule has 0 saturated heterocycles. The molecule has 2 heteroatoms. The Bertz CT molecular complexity index is 623. The number of hydrogen-bond donors (Lipinski definition) is 1. The van der Waals surface area contributed by atoms with Crippen molar-refractivity contribution in [1.29, 1.82) is 5.41 Å². The molecule has 1 aliphatic carbocycles. The Hall–Kier alpha value is -1.57.